The summed E-state index contributed by atoms with van der Waals surface area (Å²) in [6.07, 6.45) is 13.9. The van der Waals surface area contributed by atoms with Crippen LogP contribution in [0.25, 0.3) is 0 Å². The van der Waals surface area contributed by atoms with Crippen molar-refractivity contribution >= 4 is 11.6 Å². The number of nitrogens with zero attached hydrogens (tertiary/aromatic N) is 1. The summed E-state index contributed by atoms with van der Waals surface area (Å²) >= 11 is 5.92. The third kappa shape index (κ3) is 6.27. The van der Waals surface area contributed by atoms with Crippen molar-refractivity contribution in [1.82, 2.24) is 4.90 Å². The van der Waals surface area contributed by atoms with Crippen LogP contribution in [0.5, 0.6) is 0 Å². The summed E-state index contributed by atoms with van der Waals surface area (Å²) in [7, 11) is 0. The van der Waals surface area contributed by atoms with E-state index in [2.05, 4.69) is 4.90 Å². The summed E-state index contributed by atoms with van der Waals surface area (Å²) in [4.78, 5) is 2.43. The van der Waals surface area contributed by atoms with Crippen LogP contribution in [0.15, 0.2) is 24.3 Å². The van der Waals surface area contributed by atoms with Crippen molar-refractivity contribution in [2.24, 2.45) is 11.8 Å². The van der Waals surface area contributed by atoms with E-state index in [1.54, 1.807) is 0 Å². The summed E-state index contributed by atoms with van der Waals surface area (Å²) in [6.45, 7) is 3.02. The molecule has 0 radical (unpaired) electrons. The zero-order valence-corrected chi connectivity index (χ0v) is 16.3. The van der Waals surface area contributed by atoms with Crippen LogP contribution in [-0.2, 0) is 0 Å². The van der Waals surface area contributed by atoms with E-state index in [1.807, 2.05) is 24.3 Å². The number of aliphatic hydroxyl groups is 1. The second-order valence-corrected chi connectivity index (χ2v) is 8.68. The zero-order chi connectivity index (χ0) is 17.5. The van der Waals surface area contributed by atoms with E-state index in [1.165, 1.54) is 64.2 Å². The lowest BCUT2D eigenvalue weighted by atomic mass is 9.83. The van der Waals surface area contributed by atoms with E-state index >= 15 is 0 Å². The number of hydrogen-bond donors (Lipinski definition) is 1. The Bertz CT molecular complexity index is 489. The van der Waals surface area contributed by atoms with Gasteiger partial charge in [0.1, 0.15) is 0 Å². The molecule has 2 nitrogen and oxygen atoms in total. The Morgan fingerprint density at radius 3 is 2.16 bits per heavy atom. The molecule has 1 aromatic carbocycles. The predicted molar refractivity (Wildman–Crippen MR) is 106 cm³/mol. The Labute approximate surface area is 158 Å². The van der Waals surface area contributed by atoms with Crippen LogP contribution in [0.3, 0.4) is 0 Å². The van der Waals surface area contributed by atoms with Crippen LogP contribution in [-0.4, -0.2) is 29.6 Å². The maximum atomic E-state index is 10.4. The van der Waals surface area contributed by atoms with Crippen molar-refractivity contribution in [3.63, 3.8) is 0 Å². The number of benzene rings is 1. The molecule has 1 heterocycles. The fourth-order valence-electron chi connectivity index (χ4n) is 4.66. The van der Waals surface area contributed by atoms with Crippen molar-refractivity contribution < 1.29 is 5.11 Å². The Balaban J connectivity index is 1.32. The third-order valence-electron chi connectivity index (χ3n) is 6.34. The highest BCUT2D eigenvalue weighted by atomic mass is 35.5. The minimum absolute atomic E-state index is 0.403. The van der Waals surface area contributed by atoms with Gasteiger partial charge in [-0.3, -0.25) is 0 Å². The van der Waals surface area contributed by atoms with E-state index in [0.29, 0.717) is 0 Å². The van der Waals surface area contributed by atoms with Crippen LogP contribution < -0.4 is 0 Å². The second kappa shape index (κ2) is 9.94. The third-order valence-corrected chi connectivity index (χ3v) is 6.59. The van der Waals surface area contributed by atoms with E-state index in [-0.39, 0.29) is 0 Å². The summed E-state index contributed by atoms with van der Waals surface area (Å²) in [5.41, 5.74) is 0.971. The minimum Gasteiger partial charge on any atom is -0.387 e. The van der Waals surface area contributed by atoms with E-state index in [0.717, 1.165) is 42.1 Å². The second-order valence-electron chi connectivity index (χ2n) is 8.25. The molecule has 0 amide bonds. The molecule has 1 saturated carbocycles. The molecule has 2 aliphatic rings. The maximum absolute atomic E-state index is 10.4. The van der Waals surface area contributed by atoms with Gasteiger partial charge in [0.25, 0.3) is 0 Å². The first-order valence-electron chi connectivity index (χ1n) is 10.4. The molecule has 1 unspecified atom stereocenters. The molecular weight excluding hydrogens is 330 g/mol. The Hall–Kier alpha value is -0.570. The molecule has 25 heavy (non-hydrogen) atoms. The topological polar surface area (TPSA) is 23.5 Å². The monoisotopic (exact) mass is 363 g/mol. The maximum Gasteiger partial charge on any atom is 0.0916 e. The summed E-state index contributed by atoms with van der Waals surface area (Å²) in [5, 5.41) is 11.2. The van der Waals surface area contributed by atoms with E-state index < -0.39 is 6.10 Å². The number of rotatable bonds is 7. The van der Waals surface area contributed by atoms with Gasteiger partial charge >= 0.3 is 0 Å². The lowest BCUT2D eigenvalue weighted by Crippen LogP contribution is -2.36. The van der Waals surface area contributed by atoms with Crippen LogP contribution >= 0.6 is 11.6 Å². The SMILES string of the molecule is OC(CN1CCC(CCCC2CCCCC2)CC1)c1ccc(Cl)cc1. The van der Waals surface area contributed by atoms with Gasteiger partial charge in [-0.15, -0.1) is 0 Å². The fourth-order valence-corrected chi connectivity index (χ4v) is 4.79. The van der Waals surface area contributed by atoms with Crippen molar-refractivity contribution in [1.29, 1.82) is 0 Å². The van der Waals surface area contributed by atoms with Gasteiger partial charge in [0.2, 0.25) is 0 Å². The average Bonchev–Trinajstić information content (AvgIpc) is 2.64. The van der Waals surface area contributed by atoms with Crippen molar-refractivity contribution in [2.75, 3.05) is 19.6 Å². The first kappa shape index (κ1) is 19.2. The Kier molecular flexibility index (Phi) is 7.64. The molecule has 1 atom stereocenters. The van der Waals surface area contributed by atoms with Crippen LogP contribution in [0.1, 0.15) is 75.9 Å². The minimum atomic E-state index is -0.403. The zero-order valence-electron chi connectivity index (χ0n) is 15.5. The highest BCUT2D eigenvalue weighted by molar-refractivity contribution is 6.30. The van der Waals surface area contributed by atoms with Crippen LogP contribution in [0, 0.1) is 11.8 Å². The molecular formula is C22H34ClNO. The van der Waals surface area contributed by atoms with Gasteiger partial charge in [0.05, 0.1) is 6.10 Å². The summed E-state index contributed by atoms with van der Waals surface area (Å²) in [5.74, 6) is 1.94. The molecule has 1 aliphatic heterocycles. The smallest absolute Gasteiger partial charge is 0.0916 e. The predicted octanol–water partition coefficient (Wildman–Crippen LogP) is 5.84. The molecule has 1 saturated heterocycles. The van der Waals surface area contributed by atoms with Crippen molar-refractivity contribution in [3.05, 3.63) is 34.9 Å². The number of halogens is 1. The van der Waals surface area contributed by atoms with Gasteiger partial charge in [0, 0.05) is 11.6 Å². The lowest BCUT2D eigenvalue weighted by Gasteiger charge is -2.33. The highest BCUT2D eigenvalue weighted by Gasteiger charge is 2.22. The van der Waals surface area contributed by atoms with Gasteiger partial charge in [-0.1, -0.05) is 75.1 Å². The number of hydrogen-bond acceptors (Lipinski definition) is 2. The number of piperidine rings is 1. The summed E-state index contributed by atoms with van der Waals surface area (Å²) < 4.78 is 0. The van der Waals surface area contributed by atoms with Gasteiger partial charge in [-0.25, -0.2) is 0 Å². The molecule has 0 bridgehead atoms. The molecule has 3 rings (SSSR count). The molecule has 0 aromatic heterocycles. The molecule has 3 heteroatoms. The molecule has 2 fully saturated rings. The molecule has 1 aromatic rings. The van der Waals surface area contributed by atoms with Crippen molar-refractivity contribution in [2.45, 2.75) is 70.3 Å². The number of β-amino-alcohol motifs (C(OH)–C–C–N with tert-alkyl or cyclic N) is 1. The Morgan fingerprint density at radius 1 is 0.920 bits per heavy atom. The van der Waals surface area contributed by atoms with E-state index in [4.69, 9.17) is 11.6 Å². The van der Waals surface area contributed by atoms with Crippen molar-refractivity contribution in [3.8, 4) is 0 Å². The van der Waals surface area contributed by atoms with Gasteiger partial charge in [-0.2, -0.15) is 0 Å². The molecule has 140 valence electrons. The normalized spacial score (nSPS) is 22.2. The standard InChI is InChI=1S/C22H34ClNO/c23-21-11-9-20(10-12-21)22(25)17-24-15-13-19(14-16-24)8-4-7-18-5-2-1-3-6-18/h9-12,18-19,22,25H,1-8,13-17H2. The fraction of sp³-hybridized carbons (Fsp3) is 0.727. The van der Waals surface area contributed by atoms with Gasteiger partial charge < -0.3 is 10.0 Å². The molecule has 1 aliphatic carbocycles. The summed E-state index contributed by atoms with van der Waals surface area (Å²) in [6, 6.07) is 7.59. The first-order valence-corrected chi connectivity index (χ1v) is 10.7. The quantitative estimate of drug-likeness (QED) is 0.658. The average molecular weight is 364 g/mol. The largest absolute Gasteiger partial charge is 0.387 e. The van der Waals surface area contributed by atoms with E-state index in [9.17, 15) is 5.11 Å². The number of likely N-dealkylation sites (tertiary alicyclic amines) is 1. The molecule has 0 spiro atoms. The van der Waals surface area contributed by atoms with Gasteiger partial charge in [0.15, 0.2) is 0 Å². The highest BCUT2D eigenvalue weighted by Crippen LogP contribution is 2.30. The molecule has 1 N–H and O–H groups in total. The first-order chi connectivity index (χ1) is 12.2. The lowest BCUT2D eigenvalue weighted by molar-refractivity contribution is 0.0873. The van der Waals surface area contributed by atoms with Crippen LogP contribution in [0.2, 0.25) is 5.02 Å². The number of aliphatic hydroxyl groups excluding tert-OH is 1. The van der Waals surface area contributed by atoms with Crippen LogP contribution in [0.4, 0.5) is 0 Å². The Morgan fingerprint density at radius 2 is 1.52 bits per heavy atom. The van der Waals surface area contributed by atoms with Gasteiger partial charge in [-0.05, 0) is 55.5 Å².